The number of hydrogen-bond acceptors (Lipinski definition) is 0. The minimum atomic E-state index is -0.203. The van der Waals surface area contributed by atoms with Crippen LogP contribution >= 0.6 is 0 Å². The highest BCUT2D eigenvalue weighted by atomic mass is 19.1. The van der Waals surface area contributed by atoms with E-state index < -0.39 is 0 Å². The molecule has 0 bridgehead atoms. The van der Waals surface area contributed by atoms with Gasteiger partial charge in [0.2, 0.25) is 0 Å². The number of aryl methyl sites for hydroxylation is 1. The molecule has 2 aromatic carbocycles. The molecule has 0 saturated heterocycles. The third-order valence-electron chi connectivity index (χ3n) is 5.24. The largest absolute Gasteiger partial charge is 0.292 e. The quantitative estimate of drug-likeness (QED) is 0.384. The number of hydrogen-bond donors (Lipinski definition) is 0. The number of aromatic nitrogens is 2. The molecule has 3 aromatic heterocycles. The predicted molar refractivity (Wildman–Crippen MR) is 104 cm³/mol. The highest BCUT2D eigenvalue weighted by Crippen LogP contribution is 2.22. The average Bonchev–Trinajstić information content (AvgIpc) is 3.05. The fourth-order valence-corrected chi connectivity index (χ4v) is 3.92. The number of unbranched alkanes of at least 4 members (excludes halogenated alkanes) is 1. The Morgan fingerprint density at radius 1 is 0.923 bits per heavy atom. The second-order valence-corrected chi connectivity index (χ2v) is 6.98. The minimum absolute atomic E-state index is 0.203. The molecule has 3 heteroatoms. The number of benzene rings is 2. The second-order valence-electron chi connectivity index (χ2n) is 6.98. The van der Waals surface area contributed by atoms with Gasteiger partial charge in [0.25, 0.3) is 5.65 Å². The van der Waals surface area contributed by atoms with E-state index in [1.54, 1.807) is 6.07 Å². The van der Waals surface area contributed by atoms with Gasteiger partial charge in [-0.3, -0.25) is 0 Å². The Morgan fingerprint density at radius 3 is 2.69 bits per heavy atom. The van der Waals surface area contributed by atoms with Crippen LogP contribution in [0.15, 0.2) is 66.9 Å². The van der Waals surface area contributed by atoms with Crippen LogP contribution in [-0.4, -0.2) is 4.40 Å². The van der Waals surface area contributed by atoms with Gasteiger partial charge in [-0.1, -0.05) is 19.4 Å². The summed E-state index contributed by atoms with van der Waals surface area (Å²) < 4.78 is 18.0. The number of nitrogens with zero attached hydrogens (tertiary/aromatic N) is 2. The van der Waals surface area contributed by atoms with Gasteiger partial charge in [0.1, 0.15) is 23.0 Å². The van der Waals surface area contributed by atoms with Crippen molar-refractivity contribution in [2.45, 2.75) is 26.2 Å². The van der Waals surface area contributed by atoms with E-state index in [1.165, 1.54) is 35.4 Å². The summed E-state index contributed by atoms with van der Waals surface area (Å²) in [7, 11) is 0. The molecule has 0 saturated carbocycles. The van der Waals surface area contributed by atoms with E-state index in [9.17, 15) is 4.39 Å². The van der Waals surface area contributed by atoms with Gasteiger partial charge >= 0.3 is 0 Å². The Hall–Kier alpha value is -2.94. The molecular formula is C23H20FN2+. The zero-order valence-corrected chi connectivity index (χ0v) is 14.7. The fourth-order valence-electron chi connectivity index (χ4n) is 3.92. The van der Waals surface area contributed by atoms with Crippen molar-refractivity contribution in [3.8, 4) is 0 Å². The molecule has 5 aromatic rings. The zero-order chi connectivity index (χ0) is 17.7. The summed E-state index contributed by atoms with van der Waals surface area (Å²) in [6, 6.07) is 20.1. The van der Waals surface area contributed by atoms with E-state index in [1.807, 2.05) is 12.1 Å². The Kier molecular flexibility index (Phi) is 3.42. The molecule has 0 aliphatic heterocycles. The van der Waals surface area contributed by atoms with Crippen LogP contribution in [0.4, 0.5) is 4.39 Å². The molecule has 26 heavy (non-hydrogen) atoms. The fraction of sp³-hybridized carbons (Fsp3) is 0.174. The van der Waals surface area contributed by atoms with Gasteiger partial charge in [0.05, 0.1) is 0 Å². The number of pyridine rings is 2. The van der Waals surface area contributed by atoms with Gasteiger partial charge in [0, 0.05) is 16.8 Å². The molecule has 0 aliphatic carbocycles. The lowest BCUT2D eigenvalue weighted by Crippen LogP contribution is -2.19. The van der Waals surface area contributed by atoms with Crippen molar-refractivity contribution in [1.29, 1.82) is 0 Å². The smallest absolute Gasteiger partial charge is 0.207 e. The maximum absolute atomic E-state index is 13.6. The SMILES string of the molecule is CCCCc1ccc2c(ccc3n4c(ccc5cc(F)ccc54)c[n+]23)c1. The number of fused-ring (bicyclic) bond motifs is 7. The molecule has 0 spiro atoms. The van der Waals surface area contributed by atoms with Crippen molar-refractivity contribution >= 4 is 33.0 Å². The monoisotopic (exact) mass is 343 g/mol. The van der Waals surface area contributed by atoms with E-state index in [2.05, 4.69) is 58.3 Å². The zero-order valence-electron chi connectivity index (χ0n) is 14.7. The van der Waals surface area contributed by atoms with Gasteiger partial charge in [-0.15, -0.1) is 0 Å². The summed E-state index contributed by atoms with van der Waals surface area (Å²) in [6.45, 7) is 2.23. The van der Waals surface area contributed by atoms with Crippen molar-refractivity contribution in [3.05, 3.63) is 78.2 Å². The van der Waals surface area contributed by atoms with Crippen LogP contribution < -0.4 is 4.40 Å². The highest BCUT2D eigenvalue weighted by Gasteiger charge is 2.17. The molecule has 5 rings (SSSR count). The van der Waals surface area contributed by atoms with Crippen LogP contribution in [0.5, 0.6) is 0 Å². The molecule has 0 aliphatic rings. The molecule has 0 radical (unpaired) electrons. The lowest BCUT2D eigenvalue weighted by molar-refractivity contribution is -0.479. The van der Waals surface area contributed by atoms with E-state index in [0.29, 0.717) is 0 Å². The minimum Gasteiger partial charge on any atom is -0.207 e. The van der Waals surface area contributed by atoms with Gasteiger partial charge in [-0.05, 0) is 66.9 Å². The van der Waals surface area contributed by atoms with Gasteiger partial charge in [-0.2, -0.15) is 8.80 Å². The Bertz CT molecular complexity index is 1280. The van der Waals surface area contributed by atoms with Gasteiger partial charge < -0.3 is 0 Å². The van der Waals surface area contributed by atoms with Gasteiger partial charge in [0.15, 0.2) is 5.52 Å². The predicted octanol–water partition coefficient (Wildman–Crippen LogP) is 5.47. The first kappa shape index (κ1) is 15.3. The topological polar surface area (TPSA) is 8.51 Å². The first-order chi connectivity index (χ1) is 12.7. The summed E-state index contributed by atoms with van der Waals surface area (Å²) in [5.41, 5.74) is 5.80. The second kappa shape index (κ2) is 5.80. The lowest BCUT2D eigenvalue weighted by Gasteiger charge is -2.02. The van der Waals surface area contributed by atoms with Crippen LogP contribution in [0, 0.1) is 5.82 Å². The molecule has 2 nitrogen and oxygen atoms in total. The van der Waals surface area contributed by atoms with E-state index in [0.717, 1.165) is 28.5 Å². The third-order valence-corrected chi connectivity index (χ3v) is 5.24. The van der Waals surface area contributed by atoms with Crippen molar-refractivity contribution in [2.24, 2.45) is 0 Å². The number of imidazole rings is 1. The molecule has 0 atom stereocenters. The molecule has 0 unspecified atom stereocenters. The lowest BCUT2D eigenvalue weighted by atomic mass is 10.1. The summed E-state index contributed by atoms with van der Waals surface area (Å²) in [5.74, 6) is -0.203. The average molecular weight is 343 g/mol. The Morgan fingerprint density at radius 2 is 1.81 bits per heavy atom. The molecule has 0 fully saturated rings. The van der Waals surface area contributed by atoms with Crippen molar-refractivity contribution in [1.82, 2.24) is 4.40 Å². The normalized spacial score (nSPS) is 11.9. The van der Waals surface area contributed by atoms with Gasteiger partial charge in [-0.25, -0.2) is 4.39 Å². The van der Waals surface area contributed by atoms with E-state index >= 15 is 0 Å². The van der Waals surface area contributed by atoms with Crippen LogP contribution in [0.25, 0.3) is 33.0 Å². The Labute approximate surface area is 151 Å². The standard InChI is InChI=1S/C23H20FN2/c1-2-3-4-16-5-10-21-17(13-16)7-12-23-25(21)15-20-9-6-18-14-19(24)8-11-22(18)26(20)23/h5-15H,2-4H2,1H3/q+1. The maximum Gasteiger partial charge on any atom is 0.292 e. The van der Waals surface area contributed by atoms with Crippen LogP contribution in [0.3, 0.4) is 0 Å². The van der Waals surface area contributed by atoms with Crippen molar-refractivity contribution < 1.29 is 8.79 Å². The summed E-state index contributed by atoms with van der Waals surface area (Å²) >= 11 is 0. The summed E-state index contributed by atoms with van der Waals surface area (Å²) in [4.78, 5) is 0. The van der Waals surface area contributed by atoms with Crippen LogP contribution in [-0.2, 0) is 6.42 Å². The third kappa shape index (κ3) is 2.27. The first-order valence-electron chi connectivity index (χ1n) is 9.21. The molecule has 128 valence electrons. The Balaban J connectivity index is 1.81. The highest BCUT2D eigenvalue weighted by molar-refractivity contribution is 5.85. The van der Waals surface area contributed by atoms with Crippen LogP contribution in [0.2, 0.25) is 0 Å². The number of rotatable bonds is 3. The van der Waals surface area contributed by atoms with E-state index in [4.69, 9.17) is 0 Å². The number of halogens is 1. The summed E-state index contributed by atoms with van der Waals surface area (Å²) in [5, 5.41) is 2.16. The molecule has 3 heterocycles. The summed E-state index contributed by atoms with van der Waals surface area (Å²) in [6.07, 6.45) is 5.72. The van der Waals surface area contributed by atoms with Crippen molar-refractivity contribution in [2.75, 3.05) is 0 Å². The molecule has 0 N–H and O–H groups in total. The first-order valence-corrected chi connectivity index (χ1v) is 9.21. The maximum atomic E-state index is 13.6. The van der Waals surface area contributed by atoms with E-state index in [-0.39, 0.29) is 5.82 Å². The van der Waals surface area contributed by atoms with Crippen molar-refractivity contribution in [3.63, 3.8) is 0 Å². The van der Waals surface area contributed by atoms with Crippen LogP contribution in [0.1, 0.15) is 25.3 Å². The molecule has 0 amide bonds. The molecular weight excluding hydrogens is 323 g/mol.